The standard InChI is InChI=1S/C16H20N4O.ClH/c17-8-14-6-7-19(10-14)16(21)15-9-18-20(12-15)11-13-4-2-1-3-5-13;/h1-5,9,12,14H,6-8,10-11,17H2;1H. The Labute approximate surface area is 136 Å². The number of aromatic nitrogens is 2. The maximum Gasteiger partial charge on any atom is 0.257 e. The van der Waals surface area contributed by atoms with Gasteiger partial charge in [-0.15, -0.1) is 12.4 Å². The molecule has 0 spiro atoms. The van der Waals surface area contributed by atoms with E-state index in [0.717, 1.165) is 19.5 Å². The molecule has 2 aromatic rings. The van der Waals surface area contributed by atoms with Crippen LogP contribution in [-0.4, -0.2) is 40.2 Å². The summed E-state index contributed by atoms with van der Waals surface area (Å²) in [5, 5.41) is 4.29. The Morgan fingerprint density at radius 2 is 2.09 bits per heavy atom. The maximum absolute atomic E-state index is 12.4. The van der Waals surface area contributed by atoms with E-state index >= 15 is 0 Å². The van der Waals surface area contributed by atoms with E-state index < -0.39 is 0 Å². The van der Waals surface area contributed by atoms with Crippen LogP contribution in [0.25, 0.3) is 0 Å². The smallest absolute Gasteiger partial charge is 0.257 e. The summed E-state index contributed by atoms with van der Waals surface area (Å²) in [5.74, 6) is 0.499. The summed E-state index contributed by atoms with van der Waals surface area (Å²) in [6.07, 6.45) is 4.48. The van der Waals surface area contributed by atoms with Gasteiger partial charge in [0, 0.05) is 19.3 Å². The maximum atomic E-state index is 12.4. The van der Waals surface area contributed by atoms with E-state index in [2.05, 4.69) is 17.2 Å². The predicted octanol–water partition coefficient (Wildman–Crippen LogP) is 1.77. The second-order valence-electron chi connectivity index (χ2n) is 5.55. The lowest BCUT2D eigenvalue weighted by atomic mass is 10.1. The molecule has 1 aliphatic rings. The number of halogens is 1. The van der Waals surface area contributed by atoms with Crippen molar-refractivity contribution in [2.24, 2.45) is 11.7 Å². The Morgan fingerprint density at radius 1 is 1.32 bits per heavy atom. The molecular formula is C16H21ClN4O. The number of amides is 1. The van der Waals surface area contributed by atoms with Crippen LogP contribution in [0.3, 0.4) is 0 Å². The summed E-state index contributed by atoms with van der Waals surface area (Å²) in [4.78, 5) is 14.3. The van der Waals surface area contributed by atoms with E-state index in [0.29, 0.717) is 24.6 Å². The number of carbonyl (C=O) groups excluding carboxylic acids is 1. The summed E-state index contributed by atoms with van der Waals surface area (Å²) < 4.78 is 1.80. The Hall–Kier alpha value is -1.85. The molecule has 2 heterocycles. The van der Waals surface area contributed by atoms with Crippen molar-refractivity contribution in [2.75, 3.05) is 19.6 Å². The lowest BCUT2D eigenvalue weighted by molar-refractivity contribution is 0.0787. The molecule has 1 fully saturated rings. The average Bonchev–Trinajstić information content (AvgIpc) is 3.16. The second-order valence-corrected chi connectivity index (χ2v) is 5.55. The van der Waals surface area contributed by atoms with Crippen LogP contribution in [-0.2, 0) is 6.54 Å². The molecule has 3 rings (SSSR count). The fourth-order valence-electron chi connectivity index (χ4n) is 2.72. The Bertz CT molecular complexity index is 614. The van der Waals surface area contributed by atoms with Crippen molar-refractivity contribution in [3.05, 3.63) is 53.9 Å². The van der Waals surface area contributed by atoms with Gasteiger partial charge >= 0.3 is 0 Å². The van der Waals surface area contributed by atoms with Gasteiger partial charge in [-0.2, -0.15) is 5.10 Å². The second kappa shape index (κ2) is 7.42. The minimum Gasteiger partial charge on any atom is -0.338 e. The minimum absolute atomic E-state index is 0. The highest BCUT2D eigenvalue weighted by atomic mass is 35.5. The predicted molar refractivity (Wildman–Crippen MR) is 88.1 cm³/mol. The molecular weight excluding hydrogens is 300 g/mol. The van der Waals surface area contributed by atoms with Crippen molar-refractivity contribution in [3.63, 3.8) is 0 Å². The summed E-state index contributed by atoms with van der Waals surface area (Å²) in [5.41, 5.74) is 7.50. The monoisotopic (exact) mass is 320 g/mol. The first-order chi connectivity index (χ1) is 10.3. The molecule has 6 heteroatoms. The normalized spacial score (nSPS) is 17.3. The highest BCUT2D eigenvalue weighted by Gasteiger charge is 2.26. The number of nitrogens with two attached hydrogens (primary N) is 1. The van der Waals surface area contributed by atoms with Crippen molar-refractivity contribution >= 4 is 18.3 Å². The Kier molecular flexibility index (Phi) is 5.57. The topological polar surface area (TPSA) is 64.2 Å². The number of carbonyl (C=O) groups is 1. The third-order valence-corrected chi connectivity index (χ3v) is 3.97. The first kappa shape index (κ1) is 16.5. The van der Waals surface area contributed by atoms with E-state index in [9.17, 15) is 4.79 Å². The van der Waals surface area contributed by atoms with Crippen LogP contribution in [0.1, 0.15) is 22.3 Å². The zero-order valence-corrected chi connectivity index (χ0v) is 13.2. The van der Waals surface area contributed by atoms with E-state index in [1.54, 1.807) is 10.9 Å². The zero-order chi connectivity index (χ0) is 14.7. The highest BCUT2D eigenvalue weighted by molar-refractivity contribution is 5.93. The molecule has 5 nitrogen and oxygen atoms in total. The average molecular weight is 321 g/mol. The van der Waals surface area contributed by atoms with Crippen molar-refractivity contribution in [1.29, 1.82) is 0 Å². The van der Waals surface area contributed by atoms with Gasteiger partial charge in [0.1, 0.15) is 0 Å². The Morgan fingerprint density at radius 3 is 2.77 bits per heavy atom. The molecule has 1 unspecified atom stereocenters. The van der Waals surface area contributed by atoms with Crippen LogP contribution in [0.2, 0.25) is 0 Å². The Balaban J connectivity index is 0.00000176. The van der Waals surface area contributed by atoms with Gasteiger partial charge in [0.25, 0.3) is 5.91 Å². The van der Waals surface area contributed by atoms with Gasteiger partial charge in [0.05, 0.1) is 18.3 Å². The van der Waals surface area contributed by atoms with Crippen LogP contribution in [0, 0.1) is 5.92 Å². The lowest BCUT2D eigenvalue weighted by Gasteiger charge is -2.14. The first-order valence-electron chi connectivity index (χ1n) is 7.32. The fraction of sp³-hybridized carbons (Fsp3) is 0.375. The van der Waals surface area contributed by atoms with E-state index in [-0.39, 0.29) is 18.3 Å². The first-order valence-corrected chi connectivity index (χ1v) is 7.32. The quantitative estimate of drug-likeness (QED) is 0.934. The van der Waals surface area contributed by atoms with Crippen molar-refractivity contribution in [1.82, 2.24) is 14.7 Å². The molecule has 1 aromatic carbocycles. The van der Waals surface area contributed by atoms with Crippen LogP contribution in [0.4, 0.5) is 0 Å². The summed E-state index contributed by atoms with van der Waals surface area (Å²) in [7, 11) is 0. The van der Waals surface area contributed by atoms with Crippen molar-refractivity contribution in [3.8, 4) is 0 Å². The van der Waals surface area contributed by atoms with E-state index in [4.69, 9.17) is 5.73 Å². The van der Waals surface area contributed by atoms with Gasteiger partial charge < -0.3 is 10.6 Å². The largest absolute Gasteiger partial charge is 0.338 e. The van der Waals surface area contributed by atoms with E-state index in [1.807, 2.05) is 29.3 Å². The van der Waals surface area contributed by atoms with Crippen LogP contribution >= 0.6 is 12.4 Å². The molecule has 1 aromatic heterocycles. The highest BCUT2D eigenvalue weighted by Crippen LogP contribution is 2.17. The number of nitrogens with zero attached hydrogens (tertiary/aromatic N) is 3. The molecule has 1 amide bonds. The van der Waals surface area contributed by atoms with Gasteiger partial charge in [-0.3, -0.25) is 9.48 Å². The zero-order valence-electron chi connectivity index (χ0n) is 12.4. The van der Waals surface area contributed by atoms with Gasteiger partial charge in [-0.1, -0.05) is 30.3 Å². The number of hydrogen-bond acceptors (Lipinski definition) is 3. The number of rotatable bonds is 4. The number of benzene rings is 1. The van der Waals surface area contributed by atoms with Gasteiger partial charge in [-0.25, -0.2) is 0 Å². The van der Waals surface area contributed by atoms with Crippen LogP contribution < -0.4 is 5.73 Å². The number of likely N-dealkylation sites (tertiary alicyclic amines) is 1. The molecule has 0 aliphatic carbocycles. The number of hydrogen-bond donors (Lipinski definition) is 1. The third-order valence-electron chi connectivity index (χ3n) is 3.97. The molecule has 1 atom stereocenters. The van der Waals surface area contributed by atoms with Crippen LogP contribution in [0.15, 0.2) is 42.7 Å². The molecule has 0 bridgehead atoms. The molecule has 2 N–H and O–H groups in total. The molecule has 0 saturated carbocycles. The van der Waals surface area contributed by atoms with Gasteiger partial charge in [-0.05, 0) is 24.4 Å². The van der Waals surface area contributed by atoms with Crippen LogP contribution in [0.5, 0.6) is 0 Å². The lowest BCUT2D eigenvalue weighted by Crippen LogP contribution is -2.29. The SMILES string of the molecule is Cl.NCC1CCN(C(=O)c2cnn(Cc3ccccc3)c2)C1. The van der Waals surface area contributed by atoms with Crippen molar-refractivity contribution < 1.29 is 4.79 Å². The summed E-state index contributed by atoms with van der Waals surface area (Å²) in [6.45, 7) is 2.89. The van der Waals surface area contributed by atoms with Crippen molar-refractivity contribution in [2.45, 2.75) is 13.0 Å². The molecule has 1 saturated heterocycles. The molecule has 1 aliphatic heterocycles. The van der Waals surface area contributed by atoms with Gasteiger partial charge in [0.2, 0.25) is 0 Å². The van der Waals surface area contributed by atoms with Gasteiger partial charge in [0.15, 0.2) is 0 Å². The summed E-state index contributed by atoms with van der Waals surface area (Å²) >= 11 is 0. The molecule has 0 radical (unpaired) electrons. The molecule has 22 heavy (non-hydrogen) atoms. The molecule has 118 valence electrons. The summed E-state index contributed by atoms with van der Waals surface area (Å²) in [6, 6.07) is 10.1. The minimum atomic E-state index is 0. The van der Waals surface area contributed by atoms with E-state index in [1.165, 1.54) is 5.56 Å². The fourth-order valence-corrected chi connectivity index (χ4v) is 2.72. The third kappa shape index (κ3) is 3.67.